The Kier molecular flexibility index (Phi) is 2.99. The molecule has 1 rings (SSSR count). The average Bonchev–Trinajstić information content (AvgIpc) is 2.16. The van der Waals surface area contributed by atoms with Gasteiger partial charge in [0.25, 0.3) is 0 Å². The molecule has 0 heterocycles. The first-order chi connectivity index (χ1) is 6.52. The normalized spacial score (nSPS) is 9.64. The quantitative estimate of drug-likeness (QED) is 0.441. The van der Waals surface area contributed by atoms with Crippen molar-refractivity contribution in [2.24, 2.45) is 0 Å². The number of hydroxylamine groups is 1. The summed E-state index contributed by atoms with van der Waals surface area (Å²) in [5, 5.41) is 9.76. The monoisotopic (exact) mass is 193 g/mol. The van der Waals surface area contributed by atoms with Gasteiger partial charge in [-0.2, -0.15) is 5.06 Å². The van der Waals surface area contributed by atoms with Crippen LogP contribution in [0.5, 0.6) is 0 Å². The van der Waals surface area contributed by atoms with E-state index in [1.165, 1.54) is 26.0 Å². The van der Waals surface area contributed by atoms with Crippen LogP contribution in [0.25, 0.3) is 0 Å². The second kappa shape index (κ2) is 4.02. The van der Waals surface area contributed by atoms with Gasteiger partial charge in [-0.25, -0.2) is 0 Å². The molecule has 0 unspecified atom stereocenters. The lowest BCUT2D eigenvalue weighted by Crippen LogP contribution is -2.23. The minimum atomic E-state index is -0.472. The molecule has 4 heteroatoms. The van der Waals surface area contributed by atoms with Crippen molar-refractivity contribution < 1.29 is 14.8 Å². The summed E-state index contributed by atoms with van der Waals surface area (Å²) in [5.41, 5.74) is 0.896. The highest BCUT2D eigenvalue weighted by Crippen LogP contribution is 2.13. The highest BCUT2D eigenvalue weighted by Gasteiger charge is 2.07. The molecule has 0 aliphatic heterocycles. The van der Waals surface area contributed by atoms with Crippen LogP contribution >= 0.6 is 0 Å². The van der Waals surface area contributed by atoms with Gasteiger partial charge < -0.3 is 0 Å². The molecule has 0 spiro atoms. The molecule has 1 N–H and O–H groups in total. The number of carbonyl (C=O) groups is 2. The zero-order chi connectivity index (χ0) is 10.7. The summed E-state index contributed by atoms with van der Waals surface area (Å²) in [7, 11) is 0. The molecule has 0 bridgehead atoms. The van der Waals surface area contributed by atoms with E-state index in [4.69, 9.17) is 0 Å². The van der Waals surface area contributed by atoms with Crippen LogP contribution in [-0.4, -0.2) is 16.9 Å². The minimum Gasteiger partial charge on any atom is -0.295 e. The molecule has 0 aliphatic rings. The summed E-state index contributed by atoms with van der Waals surface area (Å²) in [6.07, 6.45) is 0. The number of hydrogen-bond acceptors (Lipinski definition) is 3. The molecule has 0 radical (unpaired) electrons. The molecular weight excluding hydrogens is 182 g/mol. The lowest BCUT2D eigenvalue weighted by Gasteiger charge is -2.12. The Morgan fingerprint density at radius 3 is 2.00 bits per heavy atom. The number of hydrogen-bond donors (Lipinski definition) is 1. The molecule has 0 fully saturated rings. The van der Waals surface area contributed by atoms with Crippen LogP contribution in [-0.2, 0) is 4.79 Å². The van der Waals surface area contributed by atoms with Crippen molar-refractivity contribution in [2.45, 2.75) is 13.8 Å². The van der Waals surface area contributed by atoms with Gasteiger partial charge >= 0.3 is 0 Å². The molecule has 1 amide bonds. The van der Waals surface area contributed by atoms with Crippen molar-refractivity contribution in [3.8, 4) is 0 Å². The zero-order valence-corrected chi connectivity index (χ0v) is 8.02. The number of benzene rings is 1. The van der Waals surface area contributed by atoms with Gasteiger partial charge in [-0.05, 0) is 31.2 Å². The first-order valence-corrected chi connectivity index (χ1v) is 4.13. The number of Topliss-reactive ketones (excluding diaryl/α,β-unsaturated/α-hetero) is 1. The summed E-state index contributed by atoms with van der Waals surface area (Å²) in [4.78, 5) is 21.7. The van der Waals surface area contributed by atoms with E-state index in [2.05, 4.69) is 0 Å². The largest absolute Gasteiger partial charge is 0.295 e. The van der Waals surface area contributed by atoms with Gasteiger partial charge in [0, 0.05) is 12.5 Å². The van der Waals surface area contributed by atoms with E-state index in [0.29, 0.717) is 16.3 Å². The molecule has 0 saturated carbocycles. The van der Waals surface area contributed by atoms with E-state index in [9.17, 15) is 14.8 Å². The average molecular weight is 193 g/mol. The maximum Gasteiger partial charge on any atom is 0.247 e. The summed E-state index contributed by atoms with van der Waals surface area (Å²) in [5.74, 6) is -0.524. The van der Waals surface area contributed by atoms with Crippen molar-refractivity contribution in [1.29, 1.82) is 0 Å². The van der Waals surface area contributed by atoms with Crippen molar-refractivity contribution in [1.82, 2.24) is 0 Å². The number of anilines is 1. The summed E-state index contributed by atoms with van der Waals surface area (Å²) in [6.45, 7) is 2.70. The van der Waals surface area contributed by atoms with Crippen molar-refractivity contribution in [2.75, 3.05) is 5.06 Å². The molecular formula is C10H11NO3. The van der Waals surface area contributed by atoms with Crippen LogP contribution in [0, 0.1) is 0 Å². The van der Waals surface area contributed by atoms with E-state index in [0.717, 1.165) is 0 Å². The fourth-order valence-electron chi connectivity index (χ4n) is 1.02. The van der Waals surface area contributed by atoms with Crippen LogP contribution in [0.3, 0.4) is 0 Å². The Balaban J connectivity index is 2.94. The van der Waals surface area contributed by atoms with Gasteiger partial charge in [-0.1, -0.05) is 0 Å². The number of carbonyl (C=O) groups excluding carboxylic acids is 2. The Hall–Kier alpha value is -1.68. The van der Waals surface area contributed by atoms with Crippen LogP contribution < -0.4 is 5.06 Å². The molecule has 0 aromatic heterocycles. The molecule has 0 saturated heterocycles. The maximum atomic E-state index is 10.9. The third kappa shape index (κ3) is 2.17. The van der Waals surface area contributed by atoms with E-state index in [1.807, 2.05) is 0 Å². The van der Waals surface area contributed by atoms with Crippen LogP contribution in [0.2, 0.25) is 0 Å². The number of rotatable bonds is 2. The predicted molar refractivity (Wildman–Crippen MR) is 51.4 cm³/mol. The van der Waals surface area contributed by atoms with Crippen LogP contribution in [0.15, 0.2) is 24.3 Å². The molecule has 74 valence electrons. The number of amides is 1. The van der Waals surface area contributed by atoms with E-state index in [-0.39, 0.29) is 5.78 Å². The van der Waals surface area contributed by atoms with E-state index >= 15 is 0 Å². The van der Waals surface area contributed by atoms with Crippen molar-refractivity contribution in [3.63, 3.8) is 0 Å². The fraction of sp³-hybridized carbons (Fsp3) is 0.200. The van der Waals surface area contributed by atoms with Gasteiger partial charge in [-0.3, -0.25) is 14.8 Å². The highest BCUT2D eigenvalue weighted by molar-refractivity contribution is 5.95. The molecule has 0 aliphatic carbocycles. The van der Waals surface area contributed by atoms with E-state index in [1.54, 1.807) is 12.1 Å². The maximum absolute atomic E-state index is 10.9. The third-order valence-corrected chi connectivity index (χ3v) is 1.82. The van der Waals surface area contributed by atoms with Gasteiger partial charge in [0.05, 0.1) is 5.69 Å². The Morgan fingerprint density at radius 1 is 1.14 bits per heavy atom. The Labute approximate surface area is 81.7 Å². The second-order valence-corrected chi connectivity index (χ2v) is 2.93. The van der Waals surface area contributed by atoms with E-state index < -0.39 is 5.91 Å². The fourth-order valence-corrected chi connectivity index (χ4v) is 1.02. The molecule has 0 atom stereocenters. The summed E-state index contributed by atoms with van der Waals surface area (Å²) < 4.78 is 0. The summed E-state index contributed by atoms with van der Waals surface area (Å²) in [6, 6.07) is 6.14. The standard InChI is InChI=1S/C10H11NO3/c1-7(12)9-3-5-10(6-4-9)11(14)8(2)13/h3-6,14H,1-2H3. The lowest BCUT2D eigenvalue weighted by atomic mass is 10.1. The molecule has 1 aromatic carbocycles. The highest BCUT2D eigenvalue weighted by atomic mass is 16.5. The smallest absolute Gasteiger partial charge is 0.247 e. The van der Waals surface area contributed by atoms with Crippen LogP contribution in [0.4, 0.5) is 5.69 Å². The van der Waals surface area contributed by atoms with Crippen LogP contribution in [0.1, 0.15) is 24.2 Å². The Morgan fingerprint density at radius 2 is 1.64 bits per heavy atom. The van der Waals surface area contributed by atoms with Gasteiger partial charge in [0.2, 0.25) is 5.91 Å². The molecule has 14 heavy (non-hydrogen) atoms. The topological polar surface area (TPSA) is 57.6 Å². The lowest BCUT2D eigenvalue weighted by molar-refractivity contribution is -0.121. The SMILES string of the molecule is CC(=O)c1ccc(N(O)C(C)=O)cc1. The van der Waals surface area contributed by atoms with Gasteiger partial charge in [0.1, 0.15) is 0 Å². The number of nitrogens with zero attached hydrogens (tertiary/aromatic N) is 1. The minimum absolute atomic E-state index is 0.0520. The predicted octanol–water partition coefficient (Wildman–Crippen LogP) is 1.63. The summed E-state index contributed by atoms with van der Waals surface area (Å²) >= 11 is 0. The second-order valence-electron chi connectivity index (χ2n) is 2.93. The first-order valence-electron chi connectivity index (χ1n) is 4.13. The molecule has 4 nitrogen and oxygen atoms in total. The first kappa shape index (κ1) is 10.4. The van der Waals surface area contributed by atoms with Gasteiger partial charge in [-0.15, -0.1) is 0 Å². The van der Waals surface area contributed by atoms with Crippen molar-refractivity contribution in [3.05, 3.63) is 29.8 Å². The Bertz CT molecular complexity index is 356. The third-order valence-electron chi connectivity index (χ3n) is 1.82. The zero-order valence-electron chi connectivity index (χ0n) is 8.02. The number of ketones is 1. The van der Waals surface area contributed by atoms with Crippen molar-refractivity contribution >= 4 is 17.4 Å². The molecule has 1 aromatic rings. The van der Waals surface area contributed by atoms with Gasteiger partial charge in [0.15, 0.2) is 5.78 Å².